The summed E-state index contributed by atoms with van der Waals surface area (Å²) < 4.78 is 0. The molecule has 0 radical (unpaired) electrons. The number of hydrazine groups is 2. The van der Waals surface area contributed by atoms with E-state index in [4.69, 9.17) is 21.7 Å². The van der Waals surface area contributed by atoms with E-state index in [-0.39, 0.29) is 62.1 Å². The molecule has 0 aliphatic heterocycles. The van der Waals surface area contributed by atoms with E-state index in [9.17, 15) is 19.8 Å². The normalized spacial score (nSPS) is 12.3. The van der Waals surface area contributed by atoms with Gasteiger partial charge in [0.2, 0.25) is 5.95 Å². The summed E-state index contributed by atoms with van der Waals surface area (Å²) in [7, 11) is 0. The molecule has 2 aromatic carbocycles. The second-order valence-corrected chi connectivity index (χ2v) is 27.9. The summed E-state index contributed by atoms with van der Waals surface area (Å²) in [6.07, 6.45) is 42.5. The Labute approximate surface area is 495 Å². The molecule has 0 saturated carbocycles. The Morgan fingerprint density at radius 2 is 0.642 bits per heavy atom. The number of rotatable bonds is 43. The van der Waals surface area contributed by atoms with Gasteiger partial charge in [-0.2, -0.15) is 15.0 Å². The van der Waals surface area contributed by atoms with Crippen molar-refractivity contribution in [1.29, 1.82) is 0 Å². The molecule has 0 fully saturated rings. The number of carbonyl (C=O) groups excluding carboxylic acids is 2. The quantitative estimate of drug-likeness (QED) is 0.0185. The fraction of sp³-hybridized carbons (Fsp3) is 0.754. The number of aromatic nitrogens is 3. The van der Waals surface area contributed by atoms with Crippen LogP contribution in [0.1, 0.15) is 333 Å². The zero-order valence-electron chi connectivity index (χ0n) is 54.0. The molecule has 6 N–H and O–H groups in total. The van der Waals surface area contributed by atoms with Gasteiger partial charge in [0.15, 0.2) is 0 Å². The number of benzene rings is 2. The van der Waals surface area contributed by atoms with Crippen LogP contribution in [-0.2, 0) is 10.8 Å². The highest BCUT2D eigenvalue weighted by Gasteiger charge is 2.33. The van der Waals surface area contributed by atoms with Crippen molar-refractivity contribution < 1.29 is 19.8 Å². The second kappa shape index (κ2) is 37.1. The Kier molecular flexibility index (Phi) is 32.5. The lowest BCUT2D eigenvalue weighted by Gasteiger charge is -2.33. The molecule has 0 bridgehead atoms. The van der Waals surface area contributed by atoms with Gasteiger partial charge in [-0.3, -0.25) is 9.59 Å². The summed E-state index contributed by atoms with van der Waals surface area (Å²) in [4.78, 5) is 45.7. The van der Waals surface area contributed by atoms with Crippen molar-refractivity contribution in [2.24, 2.45) is 22.5 Å². The standard InChI is InChI=1S/C69H120N8O4/c1-13-15-17-19-21-23-25-27-29-31-33-35-37-39-41-43-49-75(50-44-42-40-38-36-34-32-30-28-26-24-22-20-18-16-14-2)63-72-64(76(70)61(80)57-51-55(45-47-59(57)78)68(9,10)53-66(3,4)5)74-65(73-63)77(71)62(81)58-52-56(46-48-60(58)79)69(11,12)54-67(6,7)8/h45-48,51-52,78-79H,13-44,49-50,53-54,70-71H2,1-12H3. The third-order valence-corrected chi connectivity index (χ3v) is 16.3. The van der Waals surface area contributed by atoms with Crippen molar-refractivity contribution in [3.63, 3.8) is 0 Å². The molecule has 0 aliphatic carbocycles. The van der Waals surface area contributed by atoms with E-state index in [0.29, 0.717) is 13.1 Å². The van der Waals surface area contributed by atoms with Crippen LogP contribution in [-0.4, -0.2) is 50.1 Å². The molecule has 1 aromatic heterocycles. The van der Waals surface area contributed by atoms with Gasteiger partial charge in [-0.1, -0.05) is 288 Å². The Morgan fingerprint density at radius 3 is 0.901 bits per heavy atom. The fourth-order valence-corrected chi connectivity index (χ4v) is 12.3. The van der Waals surface area contributed by atoms with Crippen molar-refractivity contribution in [3.8, 4) is 11.5 Å². The third-order valence-electron chi connectivity index (χ3n) is 16.3. The summed E-state index contributed by atoms with van der Waals surface area (Å²) in [6.45, 7) is 27.4. The van der Waals surface area contributed by atoms with E-state index in [1.165, 1.54) is 179 Å². The second-order valence-electron chi connectivity index (χ2n) is 27.9. The van der Waals surface area contributed by atoms with E-state index in [1.807, 2.05) is 12.1 Å². The minimum Gasteiger partial charge on any atom is -0.507 e. The monoisotopic (exact) mass is 1120 g/mol. The lowest BCUT2D eigenvalue weighted by atomic mass is 9.72. The largest absolute Gasteiger partial charge is 0.507 e. The van der Waals surface area contributed by atoms with Gasteiger partial charge in [0.25, 0.3) is 23.7 Å². The lowest BCUT2D eigenvalue weighted by Crippen LogP contribution is -2.43. The molecule has 460 valence electrons. The maximum absolute atomic E-state index is 14.6. The smallest absolute Gasteiger partial charge is 0.278 e. The van der Waals surface area contributed by atoms with Crippen LogP contribution in [0.2, 0.25) is 0 Å². The number of hydrogen-bond donors (Lipinski definition) is 4. The first-order valence-corrected chi connectivity index (χ1v) is 32.8. The molecule has 0 atom stereocenters. The summed E-state index contributed by atoms with van der Waals surface area (Å²) in [5.41, 5.74) is 1.08. The van der Waals surface area contributed by atoms with Crippen molar-refractivity contribution in [2.75, 3.05) is 28.0 Å². The van der Waals surface area contributed by atoms with Gasteiger partial charge in [-0.15, -0.1) is 0 Å². The number of phenolic OH excluding ortho intramolecular Hbond substituents is 2. The highest BCUT2D eigenvalue weighted by atomic mass is 16.3. The first kappa shape index (κ1) is 71.0. The van der Waals surface area contributed by atoms with Crippen LogP contribution < -0.4 is 26.6 Å². The van der Waals surface area contributed by atoms with Crippen LogP contribution in [0.5, 0.6) is 11.5 Å². The number of aromatic hydroxyl groups is 2. The number of unbranched alkanes of at least 4 members (excludes halogenated alkanes) is 30. The molecule has 3 aromatic rings. The van der Waals surface area contributed by atoms with Crippen LogP contribution in [0, 0.1) is 10.8 Å². The average Bonchev–Trinajstić information content (AvgIpc) is 3.41. The highest BCUT2D eigenvalue weighted by Crippen LogP contribution is 2.40. The van der Waals surface area contributed by atoms with Gasteiger partial charge in [0.1, 0.15) is 11.5 Å². The van der Waals surface area contributed by atoms with Gasteiger partial charge in [0, 0.05) is 13.1 Å². The van der Waals surface area contributed by atoms with Crippen LogP contribution in [0.25, 0.3) is 0 Å². The van der Waals surface area contributed by atoms with Crippen LogP contribution in [0.3, 0.4) is 0 Å². The number of amides is 2. The molecule has 2 amide bonds. The fourth-order valence-electron chi connectivity index (χ4n) is 12.3. The maximum Gasteiger partial charge on any atom is 0.278 e. The summed E-state index contributed by atoms with van der Waals surface area (Å²) in [6, 6.07) is 10.2. The zero-order valence-corrected chi connectivity index (χ0v) is 54.0. The Hall–Kier alpha value is -4.29. The van der Waals surface area contributed by atoms with Gasteiger partial charge < -0.3 is 15.1 Å². The summed E-state index contributed by atoms with van der Waals surface area (Å²) in [5, 5.41) is 24.1. The van der Waals surface area contributed by atoms with Gasteiger partial charge in [-0.05, 0) is 82.7 Å². The van der Waals surface area contributed by atoms with Crippen molar-refractivity contribution in [1.82, 2.24) is 15.0 Å². The number of nitrogens with two attached hydrogens (primary N) is 2. The molecular formula is C69H120N8O4. The van der Waals surface area contributed by atoms with Gasteiger partial charge in [0.05, 0.1) is 11.1 Å². The van der Waals surface area contributed by atoms with Crippen LogP contribution in [0.15, 0.2) is 36.4 Å². The molecule has 0 unspecified atom stereocenters. The molecule has 12 heteroatoms. The van der Waals surface area contributed by atoms with Crippen LogP contribution >= 0.6 is 0 Å². The minimum atomic E-state index is -0.729. The number of anilines is 3. The Balaban J connectivity index is 1.90. The number of phenols is 2. The molecular weight excluding hydrogens is 1000 g/mol. The van der Waals surface area contributed by atoms with Crippen molar-refractivity contribution in [3.05, 3.63) is 58.7 Å². The van der Waals surface area contributed by atoms with E-state index in [1.54, 1.807) is 12.1 Å². The average molecular weight is 1130 g/mol. The number of nitrogens with zero attached hydrogens (tertiary/aromatic N) is 6. The molecule has 1 heterocycles. The molecule has 3 rings (SSSR count). The molecule has 0 spiro atoms. The topological polar surface area (TPSA) is 175 Å². The Bertz CT molecular complexity index is 2080. The predicted octanol–water partition coefficient (Wildman–Crippen LogP) is 19.1. The van der Waals surface area contributed by atoms with E-state index >= 15 is 0 Å². The van der Waals surface area contributed by atoms with E-state index in [0.717, 1.165) is 72.5 Å². The minimum absolute atomic E-state index is 0.000355. The molecule has 12 nitrogen and oxygen atoms in total. The van der Waals surface area contributed by atoms with Crippen molar-refractivity contribution >= 4 is 29.7 Å². The molecule has 81 heavy (non-hydrogen) atoms. The summed E-state index contributed by atoms with van der Waals surface area (Å²) >= 11 is 0. The SMILES string of the molecule is CCCCCCCCCCCCCCCCCCN(CCCCCCCCCCCCCCCCCC)c1nc(N(N)C(=O)c2cc(C(C)(C)CC(C)(C)C)ccc2O)nc(N(N)C(=O)c2cc(C(C)(C)CC(C)(C)C)ccc2O)n1. The van der Waals surface area contributed by atoms with Crippen LogP contribution in [0.4, 0.5) is 17.8 Å². The van der Waals surface area contributed by atoms with E-state index < -0.39 is 11.8 Å². The molecule has 0 saturated heterocycles. The first-order chi connectivity index (χ1) is 38.4. The lowest BCUT2D eigenvalue weighted by molar-refractivity contribution is 0.0976. The Morgan fingerprint density at radius 1 is 0.395 bits per heavy atom. The maximum atomic E-state index is 14.6. The molecule has 0 aliphatic rings. The highest BCUT2D eigenvalue weighted by molar-refractivity contribution is 6.08. The predicted molar refractivity (Wildman–Crippen MR) is 344 cm³/mol. The van der Waals surface area contributed by atoms with Crippen molar-refractivity contribution in [2.45, 2.75) is 312 Å². The van der Waals surface area contributed by atoms with Gasteiger partial charge in [-0.25, -0.2) is 21.7 Å². The first-order valence-electron chi connectivity index (χ1n) is 32.8. The third kappa shape index (κ3) is 27.8. The number of hydrogen-bond acceptors (Lipinski definition) is 10. The van der Waals surface area contributed by atoms with E-state index in [2.05, 4.69) is 93.0 Å². The number of carbonyl (C=O) groups is 2. The summed E-state index contributed by atoms with van der Waals surface area (Å²) in [5.74, 6) is 11.4. The zero-order chi connectivity index (χ0) is 59.9. The van der Waals surface area contributed by atoms with Gasteiger partial charge >= 0.3 is 0 Å².